The van der Waals surface area contributed by atoms with Gasteiger partial charge in [0.25, 0.3) is 0 Å². The van der Waals surface area contributed by atoms with Crippen molar-refractivity contribution in [2.45, 2.75) is 32.1 Å². The number of aromatic hydroxyl groups is 1. The van der Waals surface area contributed by atoms with Gasteiger partial charge in [0.2, 0.25) is 0 Å². The number of phenolic OH excluding ortho intramolecular Hbond substituents is 1. The van der Waals surface area contributed by atoms with Crippen LogP contribution in [-0.2, 0) is 11.2 Å². The number of esters is 1. The zero-order valence-corrected chi connectivity index (χ0v) is 15.3. The number of hydrogen-bond acceptors (Lipinski definition) is 6. The highest BCUT2D eigenvalue weighted by Crippen LogP contribution is 2.28. The van der Waals surface area contributed by atoms with Gasteiger partial charge in [0, 0.05) is 24.1 Å². The van der Waals surface area contributed by atoms with E-state index in [0.29, 0.717) is 11.2 Å². The number of unbranched alkanes of at least 4 members (excludes halogenated alkanes) is 3. The van der Waals surface area contributed by atoms with Gasteiger partial charge in [0.1, 0.15) is 5.75 Å². The molecule has 0 radical (unpaired) electrons. The topological polar surface area (TPSA) is 97.0 Å². The maximum Gasteiger partial charge on any atom is 0.338 e. The highest BCUT2D eigenvalue weighted by Gasteiger charge is 2.14. The van der Waals surface area contributed by atoms with E-state index in [1.54, 1.807) is 22.8 Å². The van der Waals surface area contributed by atoms with Gasteiger partial charge in [-0.1, -0.05) is 12.8 Å². The molecule has 0 spiro atoms. The first kappa shape index (κ1) is 18.8. The molecule has 0 atom stereocenters. The van der Waals surface area contributed by atoms with E-state index >= 15 is 0 Å². The van der Waals surface area contributed by atoms with Crippen LogP contribution < -0.4 is 0 Å². The number of aliphatic hydroxyl groups is 1. The monoisotopic (exact) mass is 369 g/mol. The minimum absolute atomic E-state index is 0.0210. The molecule has 2 aromatic heterocycles. The third-order valence-electron chi connectivity index (χ3n) is 4.42. The number of phenols is 1. The number of fused-ring (bicyclic) bond motifs is 1. The molecule has 0 bridgehead atoms. The van der Waals surface area contributed by atoms with Gasteiger partial charge in [-0.15, -0.1) is 0 Å². The van der Waals surface area contributed by atoms with Crippen LogP contribution in [0.5, 0.6) is 5.75 Å². The van der Waals surface area contributed by atoms with Crippen molar-refractivity contribution in [3.05, 3.63) is 47.9 Å². The predicted octanol–water partition coefficient (Wildman–Crippen LogP) is 2.98. The van der Waals surface area contributed by atoms with Crippen molar-refractivity contribution in [3.8, 4) is 16.9 Å². The number of carbonyl (C=O) groups excluding carboxylic acids is 1. The number of benzene rings is 1. The lowest BCUT2D eigenvalue weighted by Crippen LogP contribution is -2.01. The van der Waals surface area contributed by atoms with Crippen LogP contribution in [-0.4, -0.2) is 44.5 Å². The molecule has 0 aliphatic heterocycles. The third kappa shape index (κ3) is 4.43. The fourth-order valence-electron chi connectivity index (χ4n) is 3.02. The lowest BCUT2D eigenvalue weighted by molar-refractivity contribution is 0.0600. The number of aryl methyl sites for hydroxylation is 1. The average Bonchev–Trinajstić information content (AvgIpc) is 3.10. The fraction of sp³-hybridized carbons (Fsp3) is 0.350. The van der Waals surface area contributed by atoms with E-state index in [9.17, 15) is 9.90 Å². The summed E-state index contributed by atoms with van der Waals surface area (Å²) < 4.78 is 6.41. The summed E-state index contributed by atoms with van der Waals surface area (Å²) in [4.78, 5) is 16.5. The van der Waals surface area contributed by atoms with Crippen LogP contribution in [0.1, 0.15) is 41.7 Å². The Bertz CT molecular complexity index is 936. The first-order valence-electron chi connectivity index (χ1n) is 8.99. The third-order valence-corrected chi connectivity index (χ3v) is 4.42. The Hall–Kier alpha value is -2.93. The lowest BCUT2D eigenvalue weighted by atomic mass is 10.0. The zero-order valence-electron chi connectivity index (χ0n) is 15.3. The van der Waals surface area contributed by atoms with Gasteiger partial charge in [0.15, 0.2) is 5.65 Å². The lowest BCUT2D eigenvalue weighted by Gasteiger charge is -2.06. The summed E-state index contributed by atoms with van der Waals surface area (Å²) in [6, 6.07) is 6.54. The number of ether oxygens (including phenoxy) is 1. The molecule has 3 aromatic rings. The van der Waals surface area contributed by atoms with E-state index < -0.39 is 5.97 Å². The van der Waals surface area contributed by atoms with Gasteiger partial charge >= 0.3 is 5.97 Å². The van der Waals surface area contributed by atoms with Crippen LogP contribution >= 0.6 is 0 Å². The minimum atomic E-state index is -0.514. The molecule has 7 heteroatoms. The summed E-state index contributed by atoms with van der Waals surface area (Å²) in [5.41, 5.74) is 3.29. The van der Waals surface area contributed by atoms with Crippen molar-refractivity contribution in [3.63, 3.8) is 0 Å². The quantitative estimate of drug-likeness (QED) is 0.468. The standard InChI is InChI=1S/C20H23N3O4/c1-27-20(26)15-10-14(11-17(25)12-15)18-13-21-23-8-7-16(22-19(18)23)6-4-2-3-5-9-24/h7-8,10-13,24-25H,2-6,9H2,1H3. The summed E-state index contributed by atoms with van der Waals surface area (Å²) in [6.45, 7) is 0.237. The molecule has 2 heterocycles. The molecule has 0 unspecified atom stereocenters. The van der Waals surface area contributed by atoms with Gasteiger partial charge < -0.3 is 14.9 Å². The van der Waals surface area contributed by atoms with Gasteiger partial charge in [-0.3, -0.25) is 0 Å². The van der Waals surface area contributed by atoms with Gasteiger partial charge in [-0.05, 0) is 49.1 Å². The van der Waals surface area contributed by atoms with E-state index in [-0.39, 0.29) is 17.9 Å². The summed E-state index contributed by atoms with van der Waals surface area (Å²) in [5.74, 6) is -0.535. The van der Waals surface area contributed by atoms with Gasteiger partial charge in [-0.2, -0.15) is 5.10 Å². The predicted molar refractivity (Wildman–Crippen MR) is 101 cm³/mol. The molecule has 0 amide bonds. The van der Waals surface area contributed by atoms with Crippen LogP contribution in [0, 0.1) is 0 Å². The Morgan fingerprint density at radius 3 is 2.78 bits per heavy atom. The van der Waals surface area contributed by atoms with Crippen molar-refractivity contribution >= 4 is 11.6 Å². The number of rotatable bonds is 8. The van der Waals surface area contributed by atoms with E-state index in [1.165, 1.54) is 13.2 Å². The summed E-state index contributed by atoms with van der Waals surface area (Å²) in [5, 5.41) is 23.1. The maximum absolute atomic E-state index is 11.8. The largest absolute Gasteiger partial charge is 0.508 e. The van der Waals surface area contributed by atoms with E-state index in [1.807, 2.05) is 12.3 Å². The van der Waals surface area contributed by atoms with Crippen LogP contribution in [0.4, 0.5) is 0 Å². The number of aliphatic hydroxyl groups excluding tert-OH is 1. The number of methoxy groups -OCH3 is 1. The van der Waals surface area contributed by atoms with E-state index in [4.69, 9.17) is 14.8 Å². The van der Waals surface area contributed by atoms with Crippen LogP contribution in [0.25, 0.3) is 16.8 Å². The molecular weight excluding hydrogens is 346 g/mol. The van der Waals surface area contributed by atoms with Crippen molar-refractivity contribution in [1.29, 1.82) is 0 Å². The molecule has 3 rings (SSSR count). The molecule has 1 aromatic carbocycles. The summed E-state index contributed by atoms with van der Waals surface area (Å²) in [6.07, 6.45) is 8.28. The maximum atomic E-state index is 11.8. The van der Waals surface area contributed by atoms with Crippen LogP contribution in [0.2, 0.25) is 0 Å². The van der Waals surface area contributed by atoms with Crippen molar-refractivity contribution in [2.24, 2.45) is 0 Å². The first-order valence-corrected chi connectivity index (χ1v) is 8.99. The molecule has 7 nitrogen and oxygen atoms in total. The van der Waals surface area contributed by atoms with E-state index in [0.717, 1.165) is 43.4 Å². The Kier molecular flexibility index (Phi) is 6.03. The molecule has 0 fully saturated rings. The molecular formula is C20H23N3O4. The molecule has 0 aliphatic carbocycles. The summed E-state index contributed by atoms with van der Waals surface area (Å²) in [7, 11) is 1.30. The normalized spacial score (nSPS) is 11.0. The average molecular weight is 369 g/mol. The number of hydrogen-bond donors (Lipinski definition) is 2. The SMILES string of the molecule is COC(=O)c1cc(O)cc(-c2cnn3ccc(CCCCCCO)nc23)c1. The number of aromatic nitrogens is 3. The first-order chi connectivity index (χ1) is 13.1. The highest BCUT2D eigenvalue weighted by atomic mass is 16.5. The Balaban J connectivity index is 1.88. The van der Waals surface area contributed by atoms with Crippen molar-refractivity contribution in [2.75, 3.05) is 13.7 Å². The number of carbonyl (C=O) groups is 1. The second-order valence-corrected chi connectivity index (χ2v) is 6.39. The molecule has 0 saturated carbocycles. The van der Waals surface area contributed by atoms with Gasteiger partial charge in [-0.25, -0.2) is 14.3 Å². The van der Waals surface area contributed by atoms with Crippen LogP contribution in [0.15, 0.2) is 36.7 Å². The molecule has 2 N–H and O–H groups in total. The summed E-state index contributed by atoms with van der Waals surface area (Å²) >= 11 is 0. The molecule has 27 heavy (non-hydrogen) atoms. The number of nitrogens with zero attached hydrogens (tertiary/aromatic N) is 3. The van der Waals surface area contributed by atoms with E-state index in [2.05, 4.69) is 5.10 Å². The molecule has 0 aliphatic rings. The Labute approximate surface area is 157 Å². The van der Waals surface area contributed by atoms with Crippen molar-refractivity contribution in [1.82, 2.24) is 14.6 Å². The highest BCUT2D eigenvalue weighted by molar-refractivity contribution is 5.92. The Morgan fingerprint density at radius 2 is 2.00 bits per heavy atom. The second-order valence-electron chi connectivity index (χ2n) is 6.39. The fourth-order valence-corrected chi connectivity index (χ4v) is 3.02. The van der Waals surface area contributed by atoms with Crippen LogP contribution in [0.3, 0.4) is 0 Å². The van der Waals surface area contributed by atoms with Crippen molar-refractivity contribution < 1.29 is 19.7 Å². The smallest absolute Gasteiger partial charge is 0.338 e. The zero-order chi connectivity index (χ0) is 19.2. The Morgan fingerprint density at radius 1 is 1.19 bits per heavy atom. The molecule has 142 valence electrons. The minimum Gasteiger partial charge on any atom is -0.508 e. The van der Waals surface area contributed by atoms with Gasteiger partial charge in [0.05, 0.1) is 18.9 Å². The second kappa shape index (κ2) is 8.64. The molecule has 0 saturated heterocycles.